The first-order chi connectivity index (χ1) is 8.24. The van der Waals surface area contributed by atoms with Crippen LogP contribution in [0, 0.1) is 0 Å². The summed E-state index contributed by atoms with van der Waals surface area (Å²) in [6.45, 7) is 4.59. The van der Waals surface area contributed by atoms with Crippen LogP contribution in [0.5, 0.6) is 0 Å². The van der Waals surface area contributed by atoms with Gasteiger partial charge in [-0.25, -0.2) is 0 Å². The number of hydrogen-bond acceptors (Lipinski definition) is 2. The Labute approximate surface area is 106 Å². The second-order valence-corrected chi connectivity index (χ2v) is 4.81. The molecule has 1 atom stereocenters. The molecular weight excluding hydrogens is 208 g/mol. The SMILES string of the molecule is CNCCCC(C)N(C)CCc1ccccc1. The van der Waals surface area contributed by atoms with Gasteiger partial charge in [0.1, 0.15) is 0 Å². The highest BCUT2D eigenvalue weighted by molar-refractivity contribution is 5.14. The Bertz CT molecular complexity index is 284. The zero-order chi connectivity index (χ0) is 12.5. The first-order valence-electron chi connectivity index (χ1n) is 6.63. The zero-order valence-corrected chi connectivity index (χ0v) is 11.4. The summed E-state index contributed by atoms with van der Waals surface area (Å²) in [5.41, 5.74) is 1.43. The molecule has 2 heteroatoms. The predicted molar refractivity (Wildman–Crippen MR) is 75.4 cm³/mol. The van der Waals surface area contributed by atoms with Crippen LogP contribution in [-0.2, 0) is 6.42 Å². The molecule has 0 saturated heterocycles. The second-order valence-electron chi connectivity index (χ2n) is 4.81. The molecule has 0 heterocycles. The molecule has 0 amide bonds. The van der Waals surface area contributed by atoms with E-state index < -0.39 is 0 Å². The predicted octanol–water partition coefficient (Wildman–Crippen LogP) is 2.55. The molecule has 0 radical (unpaired) electrons. The monoisotopic (exact) mass is 234 g/mol. The number of hydrogen-bond donors (Lipinski definition) is 1. The van der Waals surface area contributed by atoms with Crippen LogP contribution >= 0.6 is 0 Å². The van der Waals surface area contributed by atoms with E-state index >= 15 is 0 Å². The van der Waals surface area contributed by atoms with E-state index in [0.29, 0.717) is 6.04 Å². The van der Waals surface area contributed by atoms with Crippen molar-refractivity contribution in [1.82, 2.24) is 10.2 Å². The average Bonchev–Trinajstić information content (AvgIpc) is 2.37. The van der Waals surface area contributed by atoms with E-state index in [-0.39, 0.29) is 0 Å². The van der Waals surface area contributed by atoms with Gasteiger partial charge in [0.2, 0.25) is 0 Å². The van der Waals surface area contributed by atoms with E-state index in [1.807, 2.05) is 7.05 Å². The molecule has 1 N–H and O–H groups in total. The zero-order valence-electron chi connectivity index (χ0n) is 11.4. The van der Waals surface area contributed by atoms with Gasteiger partial charge in [0.05, 0.1) is 0 Å². The van der Waals surface area contributed by atoms with E-state index in [0.717, 1.165) is 19.5 Å². The smallest absolute Gasteiger partial charge is 0.00644 e. The molecule has 2 nitrogen and oxygen atoms in total. The van der Waals surface area contributed by atoms with Crippen LogP contribution in [0.25, 0.3) is 0 Å². The molecule has 0 bridgehead atoms. The molecule has 0 aromatic heterocycles. The number of nitrogens with zero attached hydrogens (tertiary/aromatic N) is 1. The summed E-state index contributed by atoms with van der Waals surface area (Å²) in [5, 5.41) is 3.20. The summed E-state index contributed by atoms with van der Waals surface area (Å²) < 4.78 is 0. The Hall–Kier alpha value is -0.860. The minimum atomic E-state index is 0.673. The molecule has 0 aliphatic carbocycles. The Morgan fingerprint density at radius 1 is 1.24 bits per heavy atom. The third-order valence-electron chi connectivity index (χ3n) is 3.40. The largest absolute Gasteiger partial charge is 0.320 e. The maximum Gasteiger partial charge on any atom is 0.00644 e. The lowest BCUT2D eigenvalue weighted by Crippen LogP contribution is -2.31. The average molecular weight is 234 g/mol. The van der Waals surface area contributed by atoms with Gasteiger partial charge >= 0.3 is 0 Å². The van der Waals surface area contributed by atoms with E-state index in [4.69, 9.17) is 0 Å². The van der Waals surface area contributed by atoms with Crippen LogP contribution in [0.1, 0.15) is 25.3 Å². The molecule has 96 valence electrons. The minimum absolute atomic E-state index is 0.673. The number of nitrogens with one attached hydrogen (secondary N) is 1. The van der Waals surface area contributed by atoms with E-state index in [1.165, 1.54) is 18.4 Å². The van der Waals surface area contributed by atoms with Gasteiger partial charge in [0.15, 0.2) is 0 Å². The summed E-state index contributed by atoms with van der Waals surface area (Å²) >= 11 is 0. The molecule has 1 aromatic carbocycles. The van der Waals surface area contributed by atoms with Gasteiger partial charge in [0, 0.05) is 12.6 Å². The summed E-state index contributed by atoms with van der Waals surface area (Å²) in [5.74, 6) is 0. The highest BCUT2D eigenvalue weighted by Gasteiger charge is 2.08. The Morgan fingerprint density at radius 2 is 1.94 bits per heavy atom. The lowest BCUT2D eigenvalue weighted by atomic mass is 10.1. The summed E-state index contributed by atoms with van der Waals surface area (Å²) in [6, 6.07) is 11.4. The second kappa shape index (κ2) is 8.26. The molecule has 0 aliphatic heterocycles. The number of likely N-dealkylation sites (N-methyl/N-ethyl adjacent to an activating group) is 1. The van der Waals surface area contributed by atoms with Crippen LogP contribution in [0.2, 0.25) is 0 Å². The van der Waals surface area contributed by atoms with Crippen LogP contribution < -0.4 is 5.32 Å². The van der Waals surface area contributed by atoms with Crippen molar-refractivity contribution in [3.05, 3.63) is 35.9 Å². The van der Waals surface area contributed by atoms with Gasteiger partial charge < -0.3 is 10.2 Å². The van der Waals surface area contributed by atoms with Gasteiger partial charge in [-0.2, -0.15) is 0 Å². The van der Waals surface area contributed by atoms with Crippen LogP contribution in [0.3, 0.4) is 0 Å². The first kappa shape index (κ1) is 14.2. The van der Waals surface area contributed by atoms with Gasteiger partial charge in [-0.3, -0.25) is 0 Å². The standard InChI is InChI=1S/C15H26N2/c1-14(8-7-12-16-2)17(3)13-11-15-9-5-4-6-10-15/h4-6,9-10,14,16H,7-8,11-13H2,1-3H3. The fraction of sp³-hybridized carbons (Fsp3) is 0.600. The highest BCUT2D eigenvalue weighted by Crippen LogP contribution is 2.06. The van der Waals surface area contributed by atoms with Gasteiger partial charge in [0.25, 0.3) is 0 Å². The van der Waals surface area contributed by atoms with E-state index in [2.05, 4.69) is 54.5 Å². The van der Waals surface area contributed by atoms with Crippen molar-refractivity contribution < 1.29 is 0 Å². The van der Waals surface area contributed by atoms with Crippen molar-refractivity contribution >= 4 is 0 Å². The maximum atomic E-state index is 3.20. The molecule has 0 aliphatic rings. The molecular formula is C15H26N2. The quantitative estimate of drug-likeness (QED) is 0.695. The topological polar surface area (TPSA) is 15.3 Å². The Kier molecular flexibility index (Phi) is 6.90. The molecule has 0 fully saturated rings. The molecule has 0 spiro atoms. The molecule has 1 unspecified atom stereocenters. The summed E-state index contributed by atoms with van der Waals surface area (Å²) in [4.78, 5) is 2.46. The van der Waals surface area contributed by atoms with Crippen molar-refractivity contribution in [1.29, 1.82) is 0 Å². The van der Waals surface area contributed by atoms with E-state index in [1.54, 1.807) is 0 Å². The fourth-order valence-corrected chi connectivity index (χ4v) is 1.97. The van der Waals surface area contributed by atoms with Crippen molar-refractivity contribution in [2.75, 3.05) is 27.2 Å². The van der Waals surface area contributed by atoms with Crippen LogP contribution in [-0.4, -0.2) is 38.1 Å². The fourth-order valence-electron chi connectivity index (χ4n) is 1.97. The van der Waals surface area contributed by atoms with Crippen molar-refractivity contribution in [3.8, 4) is 0 Å². The molecule has 0 saturated carbocycles. The maximum absolute atomic E-state index is 3.20. The third-order valence-corrected chi connectivity index (χ3v) is 3.40. The van der Waals surface area contributed by atoms with Crippen LogP contribution in [0.4, 0.5) is 0 Å². The molecule has 1 rings (SSSR count). The molecule has 1 aromatic rings. The van der Waals surface area contributed by atoms with Gasteiger partial charge in [-0.05, 0) is 52.4 Å². The van der Waals surface area contributed by atoms with Crippen molar-refractivity contribution in [3.63, 3.8) is 0 Å². The Morgan fingerprint density at radius 3 is 2.59 bits per heavy atom. The highest BCUT2D eigenvalue weighted by atomic mass is 15.1. The number of rotatable bonds is 8. The van der Waals surface area contributed by atoms with Crippen molar-refractivity contribution in [2.24, 2.45) is 0 Å². The first-order valence-corrected chi connectivity index (χ1v) is 6.63. The van der Waals surface area contributed by atoms with Crippen LogP contribution in [0.15, 0.2) is 30.3 Å². The third kappa shape index (κ3) is 5.85. The Balaban J connectivity index is 2.22. The van der Waals surface area contributed by atoms with Gasteiger partial charge in [-0.15, -0.1) is 0 Å². The summed E-state index contributed by atoms with van der Waals surface area (Å²) in [6.07, 6.45) is 3.67. The summed E-state index contributed by atoms with van der Waals surface area (Å²) in [7, 11) is 4.25. The minimum Gasteiger partial charge on any atom is -0.320 e. The van der Waals surface area contributed by atoms with E-state index in [9.17, 15) is 0 Å². The number of benzene rings is 1. The lowest BCUT2D eigenvalue weighted by Gasteiger charge is -2.24. The van der Waals surface area contributed by atoms with Crippen molar-refractivity contribution in [2.45, 2.75) is 32.2 Å². The normalized spacial score (nSPS) is 12.9. The van der Waals surface area contributed by atoms with Gasteiger partial charge in [-0.1, -0.05) is 30.3 Å². The lowest BCUT2D eigenvalue weighted by molar-refractivity contribution is 0.245. The molecule has 17 heavy (non-hydrogen) atoms.